The largest absolute Gasteiger partial charge is 0.416 e. The van der Waals surface area contributed by atoms with Crippen molar-refractivity contribution in [2.75, 3.05) is 19.8 Å². The Morgan fingerprint density at radius 3 is 2.92 bits per heavy atom. The van der Waals surface area contributed by atoms with Crippen molar-refractivity contribution in [2.24, 2.45) is 0 Å². The maximum absolute atomic E-state index is 12.7. The first kappa shape index (κ1) is 18.5. The van der Waals surface area contributed by atoms with Gasteiger partial charge < -0.3 is 20.1 Å². The lowest BCUT2D eigenvalue weighted by Gasteiger charge is -2.36. The number of carbonyl (C=O) groups excluding carboxylic acids is 1. The minimum Gasteiger partial charge on any atom is -0.393 e. The average molecular weight is 346 g/mol. The summed E-state index contributed by atoms with van der Waals surface area (Å²) in [5.74, 6) is 0. The number of carbonyl (C=O) groups is 1. The molecule has 0 radical (unpaired) electrons. The van der Waals surface area contributed by atoms with Crippen LogP contribution in [-0.2, 0) is 17.5 Å². The molecule has 1 aliphatic rings. The summed E-state index contributed by atoms with van der Waals surface area (Å²) in [4.78, 5) is 13.9. The lowest BCUT2D eigenvalue weighted by atomic mass is 10.1. The molecule has 0 aromatic heterocycles. The molecular weight excluding hydrogens is 325 g/mol. The van der Waals surface area contributed by atoms with Crippen LogP contribution in [0, 0.1) is 0 Å². The number of morpholine rings is 1. The van der Waals surface area contributed by atoms with E-state index in [1.165, 1.54) is 12.1 Å². The van der Waals surface area contributed by atoms with Crippen LogP contribution in [0.2, 0.25) is 0 Å². The smallest absolute Gasteiger partial charge is 0.393 e. The number of aliphatic hydroxyl groups excluding tert-OH is 1. The van der Waals surface area contributed by atoms with E-state index in [2.05, 4.69) is 5.32 Å². The number of nitrogens with one attached hydrogen (secondary N) is 1. The van der Waals surface area contributed by atoms with Crippen LogP contribution in [-0.4, -0.2) is 47.9 Å². The number of rotatable bonds is 4. The van der Waals surface area contributed by atoms with Crippen molar-refractivity contribution >= 4 is 6.03 Å². The number of hydrogen-bond donors (Lipinski definition) is 2. The second kappa shape index (κ2) is 7.85. The average Bonchev–Trinajstić information content (AvgIpc) is 2.52. The van der Waals surface area contributed by atoms with Crippen molar-refractivity contribution in [3.8, 4) is 0 Å². The summed E-state index contributed by atoms with van der Waals surface area (Å²) in [7, 11) is 0. The van der Waals surface area contributed by atoms with E-state index in [0.29, 0.717) is 31.7 Å². The van der Waals surface area contributed by atoms with E-state index >= 15 is 0 Å². The predicted octanol–water partition coefficient (Wildman–Crippen LogP) is 2.39. The van der Waals surface area contributed by atoms with Gasteiger partial charge in [-0.1, -0.05) is 12.1 Å². The first-order valence-corrected chi connectivity index (χ1v) is 7.74. The fourth-order valence-electron chi connectivity index (χ4n) is 2.65. The summed E-state index contributed by atoms with van der Waals surface area (Å²) >= 11 is 0. The molecule has 1 saturated heterocycles. The fraction of sp³-hybridized carbons (Fsp3) is 0.562. The SMILES string of the molecule is C[C@H](O)C[C@H]1COCCN1C(=O)NCc1cccc(C(F)(F)F)c1. The molecule has 0 aliphatic carbocycles. The minimum absolute atomic E-state index is 0.00150. The standard InChI is InChI=1S/C16H21F3N2O3/c1-11(22)7-14-10-24-6-5-21(14)15(23)20-9-12-3-2-4-13(8-12)16(17,18)19/h2-4,8,11,14,22H,5-7,9-10H2,1H3,(H,20,23)/t11-,14-/m0/s1. The second-order valence-corrected chi connectivity index (χ2v) is 5.86. The number of amides is 2. The molecular formula is C16H21F3N2O3. The number of nitrogens with zero attached hydrogens (tertiary/aromatic N) is 1. The van der Waals surface area contributed by atoms with E-state index in [9.17, 15) is 23.1 Å². The van der Waals surface area contributed by atoms with Gasteiger partial charge >= 0.3 is 12.2 Å². The van der Waals surface area contributed by atoms with Crippen molar-refractivity contribution in [1.82, 2.24) is 10.2 Å². The quantitative estimate of drug-likeness (QED) is 0.880. The van der Waals surface area contributed by atoms with Gasteiger partial charge in [-0.15, -0.1) is 0 Å². The van der Waals surface area contributed by atoms with Gasteiger partial charge in [0.1, 0.15) is 0 Å². The Morgan fingerprint density at radius 2 is 2.25 bits per heavy atom. The summed E-state index contributed by atoms with van der Waals surface area (Å²) in [6.45, 7) is 2.75. The van der Waals surface area contributed by atoms with Crippen LogP contribution in [0.25, 0.3) is 0 Å². The zero-order chi connectivity index (χ0) is 17.7. The molecule has 8 heteroatoms. The second-order valence-electron chi connectivity index (χ2n) is 5.86. The lowest BCUT2D eigenvalue weighted by Crippen LogP contribution is -2.53. The third kappa shape index (κ3) is 5.10. The van der Waals surface area contributed by atoms with Crippen LogP contribution in [0.4, 0.5) is 18.0 Å². The Morgan fingerprint density at radius 1 is 1.50 bits per heavy atom. The van der Waals surface area contributed by atoms with Crippen molar-refractivity contribution < 1.29 is 27.8 Å². The molecule has 1 fully saturated rings. The molecule has 1 heterocycles. The van der Waals surface area contributed by atoms with Gasteiger partial charge in [0, 0.05) is 13.1 Å². The Labute approximate surface area is 138 Å². The highest BCUT2D eigenvalue weighted by Gasteiger charge is 2.31. The molecule has 5 nitrogen and oxygen atoms in total. The van der Waals surface area contributed by atoms with Gasteiger partial charge in [0.15, 0.2) is 0 Å². The van der Waals surface area contributed by atoms with Gasteiger partial charge in [-0.25, -0.2) is 4.79 Å². The Hall–Kier alpha value is -1.80. The highest BCUT2D eigenvalue weighted by Crippen LogP contribution is 2.29. The van der Waals surface area contributed by atoms with Gasteiger partial charge in [-0.3, -0.25) is 0 Å². The molecule has 2 N–H and O–H groups in total. The van der Waals surface area contributed by atoms with Crippen LogP contribution < -0.4 is 5.32 Å². The zero-order valence-electron chi connectivity index (χ0n) is 13.3. The van der Waals surface area contributed by atoms with Crippen LogP contribution in [0.3, 0.4) is 0 Å². The molecule has 1 aliphatic heterocycles. The fourth-order valence-corrected chi connectivity index (χ4v) is 2.65. The number of halogens is 3. The van der Waals surface area contributed by atoms with E-state index in [1.807, 2.05) is 0 Å². The highest BCUT2D eigenvalue weighted by molar-refractivity contribution is 5.74. The topological polar surface area (TPSA) is 61.8 Å². The van der Waals surface area contributed by atoms with Crippen molar-refractivity contribution in [3.63, 3.8) is 0 Å². The van der Waals surface area contributed by atoms with Crippen LogP contribution in [0.15, 0.2) is 24.3 Å². The third-order valence-corrected chi connectivity index (χ3v) is 3.80. The van der Waals surface area contributed by atoms with Crippen molar-refractivity contribution in [2.45, 2.75) is 38.2 Å². The van der Waals surface area contributed by atoms with Crippen LogP contribution in [0.5, 0.6) is 0 Å². The van der Waals surface area contributed by atoms with Crippen molar-refractivity contribution in [1.29, 1.82) is 0 Å². The molecule has 2 atom stereocenters. The maximum atomic E-state index is 12.7. The summed E-state index contributed by atoms with van der Waals surface area (Å²) in [6, 6.07) is 4.23. The number of ether oxygens (including phenoxy) is 1. The zero-order valence-corrected chi connectivity index (χ0v) is 13.3. The van der Waals surface area contributed by atoms with Gasteiger partial charge in [-0.2, -0.15) is 13.2 Å². The molecule has 134 valence electrons. The molecule has 1 aromatic rings. The van der Waals surface area contributed by atoms with Crippen molar-refractivity contribution in [3.05, 3.63) is 35.4 Å². The van der Waals surface area contributed by atoms with Crippen LogP contribution in [0.1, 0.15) is 24.5 Å². The molecule has 0 spiro atoms. The van der Waals surface area contributed by atoms with Gasteiger partial charge in [-0.05, 0) is 31.0 Å². The number of urea groups is 1. The van der Waals surface area contributed by atoms with E-state index in [0.717, 1.165) is 12.1 Å². The van der Waals surface area contributed by atoms with Gasteiger partial charge in [0.05, 0.1) is 30.9 Å². The predicted molar refractivity (Wildman–Crippen MR) is 81.3 cm³/mol. The number of aliphatic hydroxyl groups is 1. The summed E-state index contributed by atoms with van der Waals surface area (Å²) < 4.78 is 43.4. The summed E-state index contributed by atoms with van der Waals surface area (Å²) in [6.07, 6.45) is -4.60. The molecule has 0 bridgehead atoms. The third-order valence-electron chi connectivity index (χ3n) is 3.80. The molecule has 2 amide bonds. The molecule has 1 aromatic carbocycles. The number of hydrogen-bond acceptors (Lipinski definition) is 3. The van der Waals surface area contributed by atoms with Gasteiger partial charge in [0.25, 0.3) is 0 Å². The summed E-state index contributed by atoms with van der Waals surface area (Å²) in [5, 5.41) is 12.1. The highest BCUT2D eigenvalue weighted by atomic mass is 19.4. The Kier molecular flexibility index (Phi) is 6.06. The maximum Gasteiger partial charge on any atom is 0.416 e. The van der Waals surface area contributed by atoms with Gasteiger partial charge in [0.2, 0.25) is 0 Å². The molecule has 2 rings (SSSR count). The van der Waals surface area contributed by atoms with E-state index in [1.54, 1.807) is 11.8 Å². The Balaban J connectivity index is 1.96. The lowest BCUT2D eigenvalue weighted by molar-refractivity contribution is -0.137. The first-order chi connectivity index (χ1) is 11.3. The number of benzene rings is 1. The van der Waals surface area contributed by atoms with Crippen LogP contribution >= 0.6 is 0 Å². The van der Waals surface area contributed by atoms with E-state index < -0.39 is 17.8 Å². The van der Waals surface area contributed by atoms with E-state index in [4.69, 9.17) is 4.74 Å². The van der Waals surface area contributed by atoms with E-state index in [-0.39, 0.29) is 18.6 Å². The monoisotopic (exact) mass is 346 g/mol. The molecule has 0 saturated carbocycles. The normalized spacial score (nSPS) is 19.9. The Bertz CT molecular complexity index is 564. The minimum atomic E-state index is -4.41. The molecule has 0 unspecified atom stereocenters. The summed E-state index contributed by atoms with van der Waals surface area (Å²) in [5.41, 5.74) is -0.369. The number of alkyl halides is 3. The first-order valence-electron chi connectivity index (χ1n) is 7.74. The molecule has 24 heavy (non-hydrogen) atoms.